The Morgan fingerprint density at radius 3 is 1.28 bits per heavy atom. The summed E-state index contributed by atoms with van der Waals surface area (Å²) in [5, 5.41) is 7.22. The van der Waals surface area contributed by atoms with Crippen molar-refractivity contribution in [2.45, 2.75) is 0 Å². The standard InChI is InChI=1S/C48H34N2/c1-5-17-35(18-6-1)42-30-29-38-33-36-19-13-14-20-37(36)34-45(38)48(42)50(41-25-11-4-12-26-41)47-32-31-46(43-27-15-16-28-44(43)47)49(39-21-7-2-8-22-39)40-23-9-3-10-24-40/h1-34H. The van der Waals surface area contributed by atoms with E-state index >= 15 is 0 Å². The molecule has 50 heavy (non-hydrogen) atoms. The van der Waals surface area contributed by atoms with Gasteiger partial charge in [-0.15, -0.1) is 0 Å². The average molecular weight is 639 g/mol. The maximum absolute atomic E-state index is 2.47. The molecule has 0 unspecified atom stereocenters. The lowest BCUT2D eigenvalue weighted by atomic mass is 9.94. The zero-order chi connectivity index (χ0) is 33.3. The molecule has 0 saturated carbocycles. The lowest BCUT2D eigenvalue weighted by Crippen LogP contribution is -2.14. The molecular weight excluding hydrogens is 605 g/mol. The minimum atomic E-state index is 1.10. The first-order valence-corrected chi connectivity index (χ1v) is 17.1. The van der Waals surface area contributed by atoms with Gasteiger partial charge < -0.3 is 9.80 Å². The van der Waals surface area contributed by atoms with Crippen LogP contribution in [0.1, 0.15) is 0 Å². The van der Waals surface area contributed by atoms with E-state index in [1.54, 1.807) is 0 Å². The van der Waals surface area contributed by atoms with Crippen LogP contribution in [0.25, 0.3) is 43.4 Å². The normalized spacial score (nSPS) is 11.2. The second-order valence-corrected chi connectivity index (χ2v) is 12.6. The quantitative estimate of drug-likeness (QED) is 0.160. The number of anilines is 6. The number of nitrogens with zero attached hydrogens (tertiary/aromatic N) is 2. The molecule has 2 nitrogen and oxygen atoms in total. The predicted octanol–water partition coefficient (Wildman–Crippen LogP) is 13.8. The highest BCUT2D eigenvalue weighted by Crippen LogP contribution is 2.49. The lowest BCUT2D eigenvalue weighted by molar-refractivity contribution is 1.28. The second-order valence-electron chi connectivity index (χ2n) is 12.6. The average Bonchev–Trinajstić information content (AvgIpc) is 3.19. The zero-order valence-electron chi connectivity index (χ0n) is 27.5. The van der Waals surface area contributed by atoms with Gasteiger partial charge in [0.15, 0.2) is 0 Å². The van der Waals surface area contributed by atoms with Crippen LogP contribution >= 0.6 is 0 Å². The molecule has 0 aliphatic carbocycles. The van der Waals surface area contributed by atoms with Gasteiger partial charge in [0.05, 0.1) is 17.1 Å². The number of benzene rings is 9. The highest BCUT2D eigenvalue weighted by molar-refractivity contribution is 6.14. The molecule has 9 aromatic rings. The number of hydrogen-bond donors (Lipinski definition) is 0. The summed E-state index contributed by atoms with van der Waals surface area (Å²) in [7, 11) is 0. The van der Waals surface area contributed by atoms with Crippen LogP contribution in [-0.4, -0.2) is 0 Å². The summed E-state index contributed by atoms with van der Waals surface area (Å²) in [6.07, 6.45) is 0. The van der Waals surface area contributed by atoms with Gasteiger partial charge in [-0.3, -0.25) is 0 Å². The van der Waals surface area contributed by atoms with Crippen LogP contribution in [0.2, 0.25) is 0 Å². The lowest BCUT2D eigenvalue weighted by Gasteiger charge is -2.32. The molecule has 2 heteroatoms. The van der Waals surface area contributed by atoms with Crippen LogP contribution in [-0.2, 0) is 0 Å². The van der Waals surface area contributed by atoms with Gasteiger partial charge in [0.2, 0.25) is 0 Å². The van der Waals surface area contributed by atoms with Crippen LogP contribution in [0.5, 0.6) is 0 Å². The van der Waals surface area contributed by atoms with E-state index in [2.05, 4.69) is 216 Å². The summed E-state index contributed by atoms with van der Waals surface area (Å²) in [5.74, 6) is 0. The van der Waals surface area contributed by atoms with E-state index < -0.39 is 0 Å². The van der Waals surface area contributed by atoms with Gasteiger partial charge >= 0.3 is 0 Å². The Hall–Kier alpha value is -6.64. The summed E-state index contributed by atoms with van der Waals surface area (Å²) in [5.41, 5.74) is 9.10. The van der Waals surface area contributed by atoms with Crippen LogP contribution in [0.4, 0.5) is 34.1 Å². The Morgan fingerprint density at radius 1 is 0.280 bits per heavy atom. The van der Waals surface area contributed by atoms with Crippen molar-refractivity contribution in [1.82, 2.24) is 0 Å². The van der Waals surface area contributed by atoms with E-state index in [-0.39, 0.29) is 0 Å². The Balaban J connectivity index is 1.36. The molecule has 0 N–H and O–H groups in total. The number of hydrogen-bond acceptors (Lipinski definition) is 2. The fourth-order valence-corrected chi connectivity index (χ4v) is 7.29. The summed E-state index contributed by atoms with van der Waals surface area (Å²) in [6.45, 7) is 0. The number of para-hydroxylation sites is 3. The van der Waals surface area contributed by atoms with Gasteiger partial charge in [-0.25, -0.2) is 0 Å². The fourth-order valence-electron chi connectivity index (χ4n) is 7.29. The third-order valence-electron chi connectivity index (χ3n) is 9.57. The van der Waals surface area contributed by atoms with Gasteiger partial charge in [0.25, 0.3) is 0 Å². The van der Waals surface area contributed by atoms with E-state index in [0.717, 1.165) is 34.1 Å². The van der Waals surface area contributed by atoms with Gasteiger partial charge in [-0.2, -0.15) is 0 Å². The highest BCUT2D eigenvalue weighted by atomic mass is 15.2. The van der Waals surface area contributed by atoms with Gasteiger partial charge in [0, 0.05) is 38.8 Å². The third kappa shape index (κ3) is 5.24. The largest absolute Gasteiger partial charge is 0.310 e. The molecule has 0 amide bonds. The second kappa shape index (κ2) is 12.8. The monoisotopic (exact) mass is 638 g/mol. The van der Waals surface area contributed by atoms with Crippen LogP contribution < -0.4 is 9.80 Å². The van der Waals surface area contributed by atoms with Crippen LogP contribution in [0.15, 0.2) is 206 Å². The summed E-state index contributed by atoms with van der Waals surface area (Å²) >= 11 is 0. The smallest absolute Gasteiger partial charge is 0.0618 e. The Bertz CT molecular complexity index is 2540. The highest BCUT2D eigenvalue weighted by Gasteiger charge is 2.24. The van der Waals surface area contributed by atoms with E-state index in [4.69, 9.17) is 0 Å². The van der Waals surface area contributed by atoms with Crippen molar-refractivity contribution in [3.8, 4) is 11.1 Å². The molecule has 0 spiro atoms. The zero-order valence-corrected chi connectivity index (χ0v) is 27.5. The molecular formula is C48H34N2. The maximum atomic E-state index is 2.47. The molecule has 0 saturated heterocycles. The maximum Gasteiger partial charge on any atom is 0.0618 e. The fraction of sp³-hybridized carbons (Fsp3) is 0. The predicted molar refractivity (Wildman–Crippen MR) is 214 cm³/mol. The van der Waals surface area contributed by atoms with Crippen molar-refractivity contribution in [2.24, 2.45) is 0 Å². The molecule has 0 atom stereocenters. The molecule has 0 radical (unpaired) electrons. The van der Waals surface area contributed by atoms with Crippen molar-refractivity contribution in [2.75, 3.05) is 9.80 Å². The molecule has 0 aromatic heterocycles. The van der Waals surface area contributed by atoms with E-state index in [9.17, 15) is 0 Å². The van der Waals surface area contributed by atoms with Gasteiger partial charge in [-0.05, 0) is 82.4 Å². The molecule has 0 heterocycles. The first-order valence-electron chi connectivity index (χ1n) is 17.1. The first-order chi connectivity index (χ1) is 24.8. The SMILES string of the molecule is c1ccc(-c2ccc3cc4ccccc4cc3c2N(c2ccccc2)c2ccc(N(c3ccccc3)c3ccccc3)c3ccccc23)cc1. The Kier molecular flexibility index (Phi) is 7.53. The van der Waals surface area contributed by atoms with E-state index in [0.29, 0.717) is 0 Å². The molecule has 0 aliphatic heterocycles. The van der Waals surface area contributed by atoms with Gasteiger partial charge in [-0.1, -0.05) is 146 Å². The van der Waals surface area contributed by atoms with Crippen molar-refractivity contribution in [3.05, 3.63) is 206 Å². The molecule has 0 bridgehead atoms. The number of rotatable bonds is 7. The van der Waals surface area contributed by atoms with Crippen molar-refractivity contribution >= 4 is 66.4 Å². The van der Waals surface area contributed by atoms with Gasteiger partial charge in [0.1, 0.15) is 0 Å². The number of fused-ring (bicyclic) bond motifs is 3. The summed E-state index contributed by atoms with van der Waals surface area (Å²) in [6, 6.07) is 74.2. The minimum absolute atomic E-state index is 1.10. The first kappa shape index (κ1) is 29.5. The topological polar surface area (TPSA) is 6.48 Å². The molecule has 9 rings (SSSR count). The third-order valence-corrected chi connectivity index (χ3v) is 9.57. The molecule has 9 aromatic carbocycles. The molecule has 0 fully saturated rings. The van der Waals surface area contributed by atoms with Crippen LogP contribution in [0, 0.1) is 0 Å². The minimum Gasteiger partial charge on any atom is -0.310 e. The van der Waals surface area contributed by atoms with Crippen LogP contribution in [0.3, 0.4) is 0 Å². The summed E-state index contributed by atoms with van der Waals surface area (Å²) in [4.78, 5) is 4.83. The van der Waals surface area contributed by atoms with Crippen molar-refractivity contribution < 1.29 is 0 Å². The van der Waals surface area contributed by atoms with Crippen molar-refractivity contribution in [1.29, 1.82) is 0 Å². The van der Waals surface area contributed by atoms with Crippen molar-refractivity contribution in [3.63, 3.8) is 0 Å². The molecule has 0 aliphatic rings. The summed E-state index contributed by atoms with van der Waals surface area (Å²) < 4.78 is 0. The molecule has 236 valence electrons. The Labute approximate surface area is 292 Å². The van der Waals surface area contributed by atoms with E-state index in [1.807, 2.05) is 0 Å². The van der Waals surface area contributed by atoms with E-state index in [1.165, 1.54) is 43.4 Å². The Morgan fingerprint density at radius 2 is 0.720 bits per heavy atom.